The van der Waals surface area contributed by atoms with Crippen LogP contribution in [0.4, 0.5) is 0 Å². The second-order valence-electron chi connectivity index (χ2n) is 12.9. The molecule has 218 valence electrons. The SMILES string of the molecule is [CH2-]c1c(-c2nc3c(-c4[c-]c(-c5cccnn5)ccc4)cccc3n2-c2ccccc2)cc(C(C)(C)C)cc1C(C)(C)C.[Pt+2]. The number of benzene rings is 4. The van der Waals surface area contributed by atoms with E-state index in [1.54, 1.807) is 6.20 Å². The van der Waals surface area contributed by atoms with E-state index < -0.39 is 0 Å². The van der Waals surface area contributed by atoms with Gasteiger partial charge in [-0.1, -0.05) is 106 Å². The van der Waals surface area contributed by atoms with Crippen LogP contribution in [-0.2, 0) is 31.9 Å². The van der Waals surface area contributed by atoms with E-state index in [0.717, 1.165) is 56.1 Å². The van der Waals surface area contributed by atoms with Gasteiger partial charge in [-0.25, -0.2) is 4.98 Å². The third-order valence-corrected chi connectivity index (χ3v) is 7.80. The molecule has 6 aromatic rings. The third kappa shape index (κ3) is 5.81. The van der Waals surface area contributed by atoms with Crippen LogP contribution in [-0.4, -0.2) is 19.7 Å². The minimum atomic E-state index is -0.0718. The first-order valence-electron chi connectivity index (χ1n) is 14.4. The van der Waals surface area contributed by atoms with Gasteiger partial charge in [0.25, 0.3) is 0 Å². The first kappa shape index (κ1) is 30.4. The summed E-state index contributed by atoms with van der Waals surface area (Å²) in [4.78, 5) is 5.42. The Labute approximate surface area is 269 Å². The van der Waals surface area contributed by atoms with Crippen molar-refractivity contribution in [1.82, 2.24) is 19.7 Å². The van der Waals surface area contributed by atoms with Crippen molar-refractivity contribution in [2.75, 3.05) is 0 Å². The number of hydrogen-bond donors (Lipinski definition) is 0. The van der Waals surface area contributed by atoms with Crippen LogP contribution in [0.1, 0.15) is 58.2 Å². The quantitative estimate of drug-likeness (QED) is 0.169. The molecule has 4 nitrogen and oxygen atoms in total. The standard InChI is InChI=1S/C38H36N4.Pt/c1-25-31(23-28(37(2,3)4)24-32(25)38(5,6)7)36-40-35-30(18-12-20-34(35)42(36)29-16-9-8-10-17-29)26-14-11-15-27(22-26)33-19-13-21-39-41-33;/h8-21,23-24H,1H2,2-7H3;/q-2;+2. The van der Waals surface area contributed by atoms with Gasteiger partial charge in [-0.05, 0) is 29.7 Å². The van der Waals surface area contributed by atoms with Gasteiger partial charge in [0.05, 0.1) is 16.9 Å². The van der Waals surface area contributed by atoms with E-state index >= 15 is 0 Å². The Morgan fingerprint density at radius 1 is 0.721 bits per heavy atom. The largest absolute Gasteiger partial charge is 2.00 e. The maximum atomic E-state index is 5.42. The van der Waals surface area contributed by atoms with Gasteiger partial charge >= 0.3 is 21.1 Å². The first-order valence-corrected chi connectivity index (χ1v) is 14.4. The fraction of sp³-hybridized carbons (Fsp3) is 0.211. The molecule has 0 unspecified atom stereocenters. The van der Waals surface area contributed by atoms with Crippen LogP contribution in [0.3, 0.4) is 0 Å². The average Bonchev–Trinajstić information content (AvgIpc) is 3.36. The molecule has 0 radical (unpaired) electrons. The van der Waals surface area contributed by atoms with Gasteiger partial charge in [0.1, 0.15) is 0 Å². The second-order valence-corrected chi connectivity index (χ2v) is 12.9. The summed E-state index contributed by atoms with van der Waals surface area (Å²) in [6.45, 7) is 18.2. The molecule has 6 rings (SSSR count). The summed E-state index contributed by atoms with van der Waals surface area (Å²) in [5.74, 6) is 0.885. The minimum Gasteiger partial charge on any atom is -0.303 e. The zero-order valence-corrected chi connectivity index (χ0v) is 27.8. The maximum absolute atomic E-state index is 5.42. The number of aromatic nitrogens is 4. The summed E-state index contributed by atoms with van der Waals surface area (Å²) in [6.07, 6.45) is 1.68. The van der Waals surface area contributed by atoms with Crippen molar-refractivity contribution >= 4 is 11.0 Å². The van der Waals surface area contributed by atoms with Crippen LogP contribution >= 0.6 is 0 Å². The van der Waals surface area contributed by atoms with E-state index in [0.29, 0.717) is 0 Å². The fourth-order valence-electron chi connectivity index (χ4n) is 5.53. The fourth-order valence-corrected chi connectivity index (χ4v) is 5.53. The topological polar surface area (TPSA) is 43.6 Å². The van der Waals surface area contributed by atoms with Crippen LogP contribution in [0, 0.1) is 13.0 Å². The van der Waals surface area contributed by atoms with Crippen LogP contribution < -0.4 is 0 Å². The molecular formula is C38H36N4Pt. The van der Waals surface area contributed by atoms with E-state index in [9.17, 15) is 0 Å². The Morgan fingerprint density at radius 3 is 2.12 bits per heavy atom. The summed E-state index contributed by atoms with van der Waals surface area (Å²) < 4.78 is 2.27. The molecule has 0 saturated heterocycles. The first-order chi connectivity index (χ1) is 20.0. The van der Waals surface area contributed by atoms with Gasteiger partial charge in [-0.15, -0.1) is 47.5 Å². The molecular weight excluding hydrogens is 708 g/mol. The Kier molecular flexibility index (Phi) is 8.20. The van der Waals surface area contributed by atoms with Crippen molar-refractivity contribution in [3.05, 3.63) is 127 Å². The molecule has 0 spiro atoms. The summed E-state index contributed by atoms with van der Waals surface area (Å²) in [5, 5.41) is 8.36. The van der Waals surface area contributed by atoms with Gasteiger partial charge < -0.3 is 4.57 Å². The van der Waals surface area contributed by atoms with Gasteiger partial charge in [-0.2, -0.15) is 22.7 Å². The molecule has 0 saturated carbocycles. The molecule has 2 heterocycles. The Bertz CT molecular complexity index is 1890. The smallest absolute Gasteiger partial charge is 0.303 e. The summed E-state index contributed by atoms with van der Waals surface area (Å²) in [7, 11) is 0. The third-order valence-electron chi connectivity index (χ3n) is 7.80. The molecule has 0 aliphatic heterocycles. The van der Waals surface area contributed by atoms with Crippen LogP contribution in [0.2, 0.25) is 0 Å². The summed E-state index contributed by atoms with van der Waals surface area (Å²) in [6, 6.07) is 35.0. The molecule has 0 aliphatic rings. The van der Waals surface area contributed by atoms with Gasteiger partial charge in [0, 0.05) is 17.6 Å². The predicted molar refractivity (Wildman–Crippen MR) is 174 cm³/mol. The minimum absolute atomic E-state index is 0. The number of imidazole rings is 1. The molecule has 0 bridgehead atoms. The van der Waals surface area contributed by atoms with E-state index in [2.05, 4.69) is 130 Å². The van der Waals surface area contributed by atoms with Crippen LogP contribution in [0.25, 0.3) is 50.5 Å². The number of nitrogens with zero attached hydrogens (tertiary/aromatic N) is 4. The molecule has 4 aromatic carbocycles. The Morgan fingerprint density at radius 2 is 1.44 bits per heavy atom. The zero-order chi connectivity index (χ0) is 29.6. The normalized spacial score (nSPS) is 11.9. The van der Waals surface area contributed by atoms with Crippen molar-refractivity contribution in [2.24, 2.45) is 0 Å². The number of para-hydroxylation sites is 2. The van der Waals surface area contributed by atoms with E-state index in [1.807, 2.05) is 30.3 Å². The van der Waals surface area contributed by atoms with E-state index in [-0.39, 0.29) is 31.9 Å². The van der Waals surface area contributed by atoms with E-state index in [4.69, 9.17) is 4.98 Å². The summed E-state index contributed by atoms with van der Waals surface area (Å²) in [5.41, 5.74) is 11.1. The second kappa shape index (κ2) is 11.6. The Balaban J connectivity index is 0.00000368. The molecule has 0 atom stereocenters. The molecule has 43 heavy (non-hydrogen) atoms. The maximum Gasteiger partial charge on any atom is 2.00 e. The number of hydrogen-bond acceptors (Lipinski definition) is 3. The molecule has 0 N–H and O–H groups in total. The average molecular weight is 744 g/mol. The predicted octanol–water partition coefficient (Wildman–Crippen LogP) is 9.39. The van der Waals surface area contributed by atoms with Gasteiger partial charge in [-0.3, -0.25) is 0 Å². The number of fused-ring (bicyclic) bond motifs is 1. The van der Waals surface area contributed by atoms with Crippen molar-refractivity contribution < 1.29 is 21.1 Å². The van der Waals surface area contributed by atoms with Crippen LogP contribution in [0.15, 0.2) is 97.2 Å². The van der Waals surface area contributed by atoms with Crippen molar-refractivity contribution in [3.63, 3.8) is 0 Å². The molecule has 2 aromatic heterocycles. The van der Waals surface area contributed by atoms with Crippen molar-refractivity contribution in [3.8, 4) is 39.5 Å². The van der Waals surface area contributed by atoms with Crippen molar-refractivity contribution in [2.45, 2.75) is 52.4 Å². The Hall–Kier alpha value is -4.01. The zero-order valence-electron chi connectivity index (χ0n) is 25.5. The van der Waals surface area contributed by atoms with Crippen LogP contribution in [0.5, 0.6) is 0 Å². The number of rotatable bonds is 4. The van der Waals surface area contributed by atoms with E-state index in [1.165, 1.54) is 11.1 Å². The monoisotopic (exact) mass is 743 g/mol. The summed E-state index contributed by atoms with van der Waals surface area (Å²) >= 11 is 0. The van der Waals surface area contributed by atoms with Gasteiger partial charge in [0.15, 0.2) is 0 Å². The molecule has 0 fully saturated rings. The molecule has 0 aliphatic carbocycles. The molecule has 5 heteroatoms. The van der Waals surface area contributed by atoms with Gasteiger partial charge in [0.2, 0.25) is 0 Å². The van der Waals surface area contributed by atoms with Crippen molar-refractivity contribution in [1.29, 1.82) is 0 Å². The molecule has 0 amide bonds.